The van der Waals surface area contributed by atoms with Crippen molar-refractivity contribution in [2.24, 2.45) is 0 Å². The average molecular weight is 356 g/mol. The number of aromatic nitrogens is 3. The van der Waals surface area contributed by atoms with E-state index in [1.54, 1.807) is 47.5 Å². The molecular formula is C17H16N4O3S. The standard InChI is InChI=1S/C17H16N4O3S/c1-25(23,24)15-7-2-5-13(11-15)17(22)19-12-14-6-3-8-18-16(14)21-10-4-9-20-21/h2-11H,12H2,1H3,(H,19,22). The van der Waals surface area contributed by atoms with Crippen LogP contribution in [0, 0.1) is 0 Å². The van der Waals surface area contributed by atoms with E-state index in [2.05, 4.69) is 15.4 Å². The van der Waals surface area contributed by atoms with Crippen LogP contribution in [0.5, 0.6) is 0 Å². The van der Waals surface area contributed by atoms with Crippen molar-refractivity contribution >= 4 is 15.7 Å². The number of benzene rings is 1. The minimum atomic E-state index is -3.36. The summed E-state index contributed by atoms with van der Waals surface area (Å²) in [5.41, 5.74) is 1.08. The fraction of sp³-hybridized carbons (Fsp3) is 0.118. The van der Waals surface area contributed by atoms with Gasteiger partial charge in [0.05, 0.1) is 4.90 Å². The number of nitrogens with zero attached hydrogens (tertiary/aromatic N) is 3. The average Bonchev–Trinajstić information content (AvgIpc) is 3.14. The van der Waals surface area contributed by atoms with Crippen molar-refractivity contribution in [3.8, 4) is 5.82 Å². The summed E-state index contributed by atoms with van der Waals surface area (Å²) in [4.78, 5) is 16.7. The number of sulfone groups is 1. The first-order chi connectivity index (χ1) is 11.9. The van der Waals surface area contributed by atoms with E-state index in [9.17, 15) is 13.2 Å². The highest BCUT2D eigenvalue weighted by atomic mass is 32.2. The molecule has 3 aromatic rings. The molecule has 128 valence electrons. The normalized spacial score (nSPS) is 11.2. The quantitative estimate of drug-likeness (QED) is 0.749. The van der Waals surface area contributed by atoms with Gasteiger partial charge in [-0.15, -0.1) is 0 Å². The van der Waals surface area contributed by atoms with E-state index < -0.39 is 9.84 Å². The maximum atomic E-state index is 12.3. The third kappa shape index (κ3) is 3.92. The molecule has 0 saturated heterocycles. The van der Waals surface area contributed by atoms with Crippen molar-refractivity contribution < 1.29 is 13.2 Å². The van der Waals surface area contributed by atoms with Gasteiger partial charge in [-0.05, 0) is 30.3 Å². The number of hydrogen-bond donors (Lipinski definition) is 1. The zero-order valence-electron chi connectivity index (χ0n) is 13.5. The maximum absolute atomic E-state index is 12.3. The largest absolute Gasteiger partial charge is 0.348 e. The van der Waals surface area contributed by atoms with Crippen LogP contribution in [-0.2, 0) is 16.4 Å². The van der Waals surface area contributed by atoms with Crippen LogP contribution in [0.1, 0.15) is 15.9 Å². The molecule has 0 unspecified atom stereocenters. The van der Waals surface area contributed by atoms with Gasteiger partial charge in [0.1, 0.15) is 0 Å². The van der Waals surface area contributed by atoms with E-state index in [0.717, 1.165) is 11.8 Å². The monoisotopic (exact) mass is 356 g/mol. The van der Waals surface area contributed by atoms with Crippen LogP contribution in [0.3, 0.4) is 0 Å². The molecule has 0 aliphatic carbocycles. The van der Waals surface area contributed by atoms with Gasteiger partial charge in [0, 0.05) is 42.5 Å². The number of carbonyl (C=O) groups is 1. The summed E-state index contributed by atoms with van der Waals surface area (Å²) in [7, 11) is -3.36. The highest BCUT2D eigenvalue weighted by Gasteiger charge is 2.13. The highest BCUT2D eigenvalue weighted by Crippen LogP contribution is 2.13. The number of rotatable bonds is 5. The predicted molar refractivity (Wildman–Crippen MR) is 92.1 cm³/mol. The van der Waals surface area contributed by atoms with Crippen molar-refractivity contribution in [3.05, 3.63) is 72.2 Å². The van der Waals surface area contributed by atoms with Crippen molar-refractivity contribution in [2.45, 2.75) is 11.4 Å². The number of carbonyl (C=O) groups excluding carboxylic acids is 1. The summed E-state index contributed by atoms with van der Waals surface area (Å²) >= 11 is 0. The Hall–Kier alpha value is -3.00. The van der Waals surface area contributed by atoms with Crippen LogP contribution in [0.15, 0.2) is 66.0 Å². The molecule has 1 amide bonds. The van der Waals surface area contributed by atoms with Crippen LogP contribution in [0.4, 0.5) is 0 Å². The second-order valence-electron chi connectivity index (χ2n) is 5.42. The van der Waals surface area contributed by atoms with Crippen molar-refractivity contribution in [2.75, 3.05) is 6.26 Å². The number of nitrogens with one attached hydrogen (secondary N) is 1. The van der Waals surface area contributed by atoms with Crippen LogP contribution < -0.4 is 5.32 Å². The first-order valence-electron chi connectivity index (χ1n) is 7.47. The van der Waals surface area contributed by atoms with E-state index in [1.165, 1.54) is 12.1 Å². The second-order valence-corrected chi connectivity index (χ2v) is 7.44. The zero-order chi connectivity index (χ0) is 17.9. The molecule has 3 rings (SSSR count). The van der Waals surface area contributed by atoms with Crippen LogP contribution >= 0.6 is 0 Å². The van der Waals surface area contributed by atoms with Gasteiger partial charge in [0.15, 0.2) is 15.7 Å². The van der Waals surface area contributed by atoms with Crippen molar-refractivity contribution in [1.29, 1.82) is 0 Å². The Balaban J connectivity index is 1.78. The molecule has 25 heavy (non-hydrogen) atoms. The lowest BCUT2D eigenvalue weighted by atomic mass is 10.2. The van der Waals surface area contributed by atoms with Crippen molar-refractivity contribution in [3.63, 3.8) is 0 Å². The van der Waals surface area contributed by atoms with Gasteiger partial charge in [-0.2, -0.15) is 5.10 Å². The molecule has 0 aliphatic heterocycles. The molecule has 0 aliphatic rings. The SMILES string of the molecule is CS(=O)(=O)c1cccc(C(=O)NCc2cccnc2-n2cccn2)c1. The summed E-state index contributed by atoms with van der Waals surface area (Å²) in [6, 6.07) is 11.3. The van der Waals surface area contributed by atoms with Crippen LogP contribution in [-0.4, -0.2) is 35.3 Å². The van der Waals surface area contributed by atoms with Gasteiger partial charge in [-0.25, -0.2) is 18.1 Å². The van der Waals surface area contributed by atoms with Gasteiger partial charge in [-0.1, -0.05) is 12.1 Å². The van der Waals surface area contributed by atoms with Gasteiger partial charge in [0.2, 0.25) is 0 Å². The van der Waals surface area contributed by atoms with E-state index in [4.69, 9.17) is 0 Å². The van der Waals surface area contributed by atoms with E-state index in [0.29, 0.717) is 5.82 Å². The molecule has 0 bridgehead atoms. The molecular weight excluding hydrogens is 340 g/mol. The van der Waals surface area contributed by atoms with Gasteiger partial charge in [-0.3, -0.25) is 4.79 Å². The molecule has 1 N–H and O–H groups in total. The molecule has 0 spiro atoms. The smallest absolute Gasteiger partial charge is 0.251 e. The minimum absolute atomic E-state index is 0.110. The molecule has 0 fully saturated rings. The molecule has 8 heteroatoms. The van der Waals surface area contributed by atoms with E-state index in [-0.39, 0.29) is 22.9 Å². The summed E-state index contributed by atoms with van der Waals surface area (Å²) < 4.78 is 24.8. The van der Waals surface area contributed by atoms with Crippen LogP contribution in [0.25, 0.3) is 5.82 Å². The Labute approximate surface area is 145 Å². The number of hydrogen-bond acceptors (Lipinski definition) is 5. The summed E-state index contributed by atoms with van der Waals surface area (Å²) in [6.07, 6.45) is 6.17. The minimum Gasteiger partial charge on any atom is -0.348 e. The molecule has 0 saturated carbocycles. The number of amides is 1. The lowest BCUT2D eigenvalue weighted by molar-refractivity contribution is 0.0950. The molecule has 2 aromatic heterocycles. The predicted octanol–water partition coefficient (Wildman–Crippen LogP) is 1.60. The third-order valence-corrected chi connectivity index (χ3v) is 4.66. The lowest BCUT2D eigenvalue weighted by Crippen LogP contribution is -2.24. The molecule has 2 heterocycles. The Morgan fingerprint density at radius 1 is 1.16 bits per heavy atom. The third-order valence-electron chi connectivity index (χ3n) is 3.55. The fourth-order valence-electron chi connectivity index (χ4n) is 2.31. The van der Waals surface area contributed by atoms with Gasteiger partial charge >= 0.3 is 0 Å². The lowest BCUT2D eigenvalue weighted by Gasteiger charge is -2.10. The van der Waals surface area contributed by atoms with Crippen molar-refractivity contribution in [1.82, 2.24) is 20.1 Å². The first kappa shape index (κ1) is 16.8. The van der Waals surface area contributed by atoms with E-state index >= 15 is 0 Å². The molecule has 0 radical (unpaired) electrons. The van der Waals surface area contributed by atoms with Gasteiger partial charge in [0.25, 0.3) is 5.91 Å². The second kappa shape index (κ2) is 6.86. The Morgan fingerprint density at radius 2 is 2.00 bits per heavy atom. The number of pyridine rings is 1. The molecule has 0 atom stereocenters. The molecule has 1 aromatic carbocycles. The highest BCUT2D eigenvalue weighted by molar-refractivity contribution is 7.90. The summed E-state index contributed by atoms with van der Waals surface area (Å²) in [5, 5.41) is 6.93. The maximum Gasteiger partial charge on any atom is 0.251 e. The topological polar surface area (TPSA) is 94.0 Å². The fourth-order valence-corrected chi connectivity index (χ4v) is 2.98. The summed E-state index contributed by atoms with van der Waals surface area (Å²) in [6.45, 7) is 0.241. The first-order valence-corrected chi connectivity index (χ1v) is 9.36. The Bertz CT molecular complexity index is 998. The Morgan fingerprint density at radius 3 is 2.72 bits per heavy atom. The Kier molecular flexibility index (Phi) is 4.62. The summed E-state index contributed by atoms with van der Waals surface area (Å²) in [5.74, 6) is 0.262. The molecule has 7 nitrogen and oxygen atoms in total. The van der Waals surface area contributed by atoms with Gasteiger partial charge < -0.3 is 5.32 Å². The van der Waals surface area contributed by atoms with Crippen LogP contribution in [0.2, 0.25) is 0 Å². The zero-order valence-corrected chi connectivity index (χ0v) is 14.3. The van der Waals surface area contributed by atoms with E-state index in [1.807, 2.05) is 6.07 Å².